The fraction of sp³-hybridized carbons (Fsp3) is 0.190. The summed E-state index contributed by atoms with van der Waals surface area (Å²) in [5.74, 6) is 0.501. The van der Waals surface area contributed by atoms with E-state index < -0.39 is 0 Å². The quantitative estimate of drug-likeness (QED) is 0.675. The van der Waals surface area contributed by atoms with Crippen molar-refractivity contribution in [3.05, 3.63) is 71.2 Å². The summed E-state index contributed by atoms with van der Waals surface area (Å²) in [5, 5.41) is 4.77. The van der Waals surface area contributed by atoms with Crippen LogP contribution in [0.2, 0.25) is 0 Å². The zero-order valence-electron chi connectivity index (χ0n) is 15.4. The first kappa shape index (κ1) is 18.2. The summed E-state index contributed by atoms with van der Waals surface area (Å²) >= 11 is 1.59. The molecule has 1 N–H and O–H groups in total. The number of anilines is 3. The molecule has 6 nitrogen and oxygen atoms in total. The number of aromatic nitrogens is 2. The third-order valence-corrected chi connectivity index (χ3v) is 5.37. The van der Waals surface area contributed by atoms with E-state index >= 15 is 0 Å². The van der Waals surface area contributed by atoms with Gasteiger partial charge in [0.05, 0.1) is 18.1 Å². The Balaban J connectivity index is 1.30. The zero-order valence-corrected chi connectivity index (χ0v) is 16.2. The number of piperazine rings is 1. The lowest BCUT2D eigenvalue weighted by atomic mass is 10.2. The topological polar surface area (TPSA) is 61.4 Å². The van der Waals surface area contributed by atoms with Crippen LogP contribution >= 0.6 is 11.3 Å². The third-order valence-electron chi connectivity index (χ3n) is 4.53. The van der Waals surface area contributed by atoms with Gasteiger partial charge < -0.3 is 15.1 Å². The number of nitrogens with one attached hydrogen (secondary N) is 1. The predicted octanol–water partition coefficient (Wildman–Crippen LogP) is 3.52. The summed E-state index contributed by atoms with van der Waals surface area (Å²) < 4.78 is 0. The number of amides is 1. The minimum Gasteiger partial charge on any atom is -0.368 e. The molecule has 4 rings (SSSR count). The Hall–Kier alpha value is -3.19. The molecule has 1 aliphatic heterocycles. The monoisotopic (exact) mass is 391 g/mol. The van der Waals surface area contributed by atoms with Crippen molar-refractivity contribution in [3.63, 3.8) is 0 Å². The Labute approximate surface area is 168 Å². The van der Waals surface area contributed by atoms with Crippen LogP contribution in [0.15, 0.2) is 66.3 Å². The first-order chi connectivity index (χ1) is 13.8. The Kier molecular flexibility index (Phi) is 5.63. The van der Waals surface area contributed by atoms with Gasteiger partial charge in [-0.25, -0.2) is 9.97 Å². The maximum atomic E-state index is 12.0. The molecule has 0 unspecified atom stereocenters. The average molecular weight is 392 g/mol. The van der Waals surface area contributed by atoms with Crippen molar-refractivity contribution in [1.82, 2.24) is 9.97 Å². The summed E-state index contributed by atoms with van der Waals surface area (Å²) in [7, 11) is 0. The van der Waals surface area contributed by atoms with Crippen LogP contribution in [0.4, 0.5) is 17.3 Å². The molecular weight excluding hydrogens is 370 g/mol. The standard InChI is InChI=1S/C21H21N5OS/c27-20(9-8-19-7-4-14-28-19)24-17-15-22-21(23-16-17)26-12-10-25(11-13-26)18-5-2-1-3-6-18/h1-9,14-16H,10-13H2,(H,24,27)/b9-8+. The molecule has 0 spiro atoms. The van der Waals surface area contributed by atoms with E-state index in [0.717, 1.165) is 31.1 Å². The fourth-order valence-corrected chi connectivity index (χ4v) is 3.70. The molecule has 1 amide bonds. The van der Waals surface area contributed by atoms with Crippen molar-refractivity contribution in [2.75, 3.05) is 41.3 Å². The lowest BCUT2D eigenvalue weighted by Gasteiger charge is -2.36. The van der Waals surface area contributed by atoms with Gasteiger partial charge in [-0.05, 0) is 29.7 Å². The molecule has 28 heavy (non-hydrogen) atoms. The SMILES string of the molecule is O=C(/C=C/c1cccs1)Nc1cnc(N2CCN(c3ccccc3)CC2)nc1. The molecule has 1 aliphatic rings. The second kappa shape index (κ2) is 8.67. The molecule has 0 aliphatic carbocycles. The fourth-order valence-electron chi connectivity index (χ4n) is 3.08. The first-order valence-electron chi connectivity index (χ1n) is 9.17. The van der Waals surface area contributed by atoms with Crippen LogP contribution in [-0.2, 0) is 4.79 Å². The highest BCUT2D eigenvalue weighted by atomic mass is 32.1. The molecule has 3 heterocycles. The normalized spacial score (nSPS) is 14.4. The van der Waals surface area contributed by atoms with Crippen molar-refractivity contribution in [1.29, 1.82) is 0 Å². The van der Waals surface area contributed by atoms with Crippen LogP contribution in [0.3, 0.4) is 0 Å². The minimum absolute atomic E-state index is 0.193. The van der Waals surface area contributed by atoms with Crippen molar-refractivity contribution < 1.29 is 4.79 Å². The Morgan fingerprint density at radius 3 is 2.36 bits per heavy atom. The van der Waals surface area contributed by atoms with Gasteiger partial charge in [0, 0.05) is 42.8 Å². The van der Waals surface area contributed by atoms with Crippen LogP contribution < -0.4 is 15.1 Å². The van der Waals surface area contributed by atoms with Crippen molar-refractivity contribution in [2.45, 2.75) is 0 Å². The molecule has 0 radical (unpaired) electrons. The van der Waals surface area contributed by atoms with Gasteiger partial charge in [0.2, 0.25) is 11.9 Å². The van der Waals surface area contributed by atoms with E-state index in [9.17, 15) is 4.79 Å². The molecule has 1 fully saturated rings. The number of thiophene rings is 1. The summed E-state index contributed by atoms with van der Waals surface area (Å²) in [5.41, 5.74) is 1.84. The van der Waals surface area contributed by atoms with E-state index in [-0.39, 0.29) is 5.91 Å². The van der Waals surface area contributed by atoms with E-state index in [0.29, 0.717) is 11.6 Å². The molecule has 1 aromatic carbocycles. The number of carbonyl (C=O) groups excluding carboxylic acids is 1. The highest BCUT2D eigenvalue weighted by Crippen LogP contribution is 2.18. The number of para-hydroxylation sites is 1. The van der Waals surface area contributed by atoms with Crippen LogP contribution in [0, 0.1) is 0 Å². The Morgan fingerprint density at radius 2 is 1.68 bits per heavy atom. The second-order valence-corrected chi connectivity index (χ2v) is 7.40. The highest BCUT2D eigenvalue weighted by Gasteiger charge is 2.19. The zero-order chi connectivity index (χ0) is 19.2. The lowest BCUT2D eigenvalue weighted by molar-refractivity contribution is -0.111. The summed E-state index contributed by atoms with van der Waals surface area (Å²) in [6, 6.07) is 14.3. The maximum absolute atomic E-state index is 12.0. The summed E-state index contributed by atoms with van der Waals surface area (Å²) in [4.78, 5) is 26.4. The molecule has 0 atom stereocenters. The van der Waals surface area contributed by atoms with Crippen molar-refractivity contribution >= 4 is 40.6 Å². The molecule has 1 saturated heterocycles. The first-order valence-corrected chi connectivity index (χ1v) is 10.1. The molecular formula is C21H21N5OS. The lowest BCUT2D eigenvalue weighted by Crippen LogP contribution is -2.47. The number of carbonyl (C=O) groups is 1. The number of rotatable bonds is 5. The van der Waals surface area contributed by atoms with E-state index in [4.69, 9.17) is 0 Å². The molecule has 7 heteroatoms. The largest absolute Gasteiger partial charge is 0.368 e. The third kappa shape index (κ3) is 4.55. The molecule has 0 bridgehead atoms. The number of hydrogen-bond donors (Lipinski definition) is 1. The van der Waals surface area contributed by atoms with Gasteiger partial charge in [0.1, 0.15) is 0 Å². The van der Waals surface area contributed by atoms with Crippen molar-refractivity contribution in [3.8, 4) is 0 Å². The van der Waals surface area contributed by atoms with Crippen molar-refractivity contribution in [2.24, 2.45) is 0 Å². The van der Waals surface area contributed by atoms with Gasteiger partial charge in [-0.3, -0.25) is 4.79 Å². The van der Waals surface area contributed by atoms with E-state index in [1.54, 1.807) is 29.8 Å². The molecule has 0 saturated carbocycles. The number of nitrogens with zero attached hydrogens (tertiary/aromatic N) is 4. The van der Waals surface area contributed by atoms with Gasteiger partial charge in [0.15, 0.2) is 0 Å². The van der Waals surface area contributed by atoms with Gasteiger partial charge in [-0.2, -0.15) is 0 Å². The van der Waals surface area contributed by atoms with Crippen LogP contribution in [-0.4, -0.2) is 42.1 Å². The van der Waals surface area contributed by atoms with Gasteiger partial charge >= 0.3 is 0 Å². The number of benzene rings is 1. The predicted molar refractivity (Wildman–Crippen MR) is 115 cm³/mol. The second-order valence-electron chi connectivity index (χ2n) is 6.42. The van der Waals surface area contributed by atoms with E-state index in [2.05, 4.69) is 49.4 Å². The minimum atomic E-state index is -0.193. The average Bonchev–Trinajstić information content (AvgIpc) is 3.27. The van der Waals surface area contributed by atoms with Crippen LogP contribution in [0.1, 0.15) is 4.88 Å². The van der Waals surface area contributed by atoms with E-state index in [1.807, 2.05) is 23.6 Å². The number of hydrogen-bond acceptors (Lipinski definition) is 6. The molecule has 142 valence electrons. The molecule has 2 aromatic heterocycles. The Morgan fingerprint density at radius 1 is 0.964 bits per heavy atom. The highest BCUT2D eigenvalue weighted by molar-refractivity contribution is 7.10. The maximum Gasteiger partial charge on any atom is 0.248 e. The summed E-state index contributed by atoms with van der Waals surface area (Å²) in [6.45, 7) is 3.59. The van der Waals surface area contributed by atoms with Gasteiger partial charge in [-0.15, -0.1) is 11.3 Å². The van der Waals surface area contributed by atoms with Crippen LogP contribution in [0.25, 0.3) is 6.08 Å². The smallest absolute Gasteiger partial charge is 0.248 e. The Bertz CT molecular complexity index is 917. The molecule has 3 aromatic rings. The van der Waals surface area contributed by atoms with Crippen LogP contribution in [0.5, 0.6) is 0 Å². The van der Waals surface area contributed by atoms with Gasteiger partial charge in [0.25, 0.3) is 0 Å². The summed E-state index contributed by atoms with van der Waals surface area (Å²) in [6.07, 6.45) is 6.62. The van der Waals surface area contributed by atoms with E-state index in [1.165, 1.54) is 11.8 Å². The van der Waals surface area contributed by atoms with Gasteiger partial charge in [-0.1, -0.05) is 24.3 Å².